The zero-order chi connectivity index (χ0) is 14.2. The molecule has 20 heavy (non-hydrogen) atoms. The Hall–Kier alpha value is -0.380. The fraction of sp³-hybridized carbons (Fsp3) is 0.765. The van der Waals surface area contributed by atoms with Crippen LogP contribution in [0.15, 0.2) is 17.5 Å². The van der Waals surface area contributed by atoms with E-state index >= 15 is 0 Å². The summed E-state index contributed by atoms with van der Waals surface area (Å²) in [4.78, 5) is 4.33. The van der Waals surface area contributed by atoms with Crippen LogP contribution < -0.4 is 5.32 Å². The topological polar surface area (TPSA) is 15.3 Å². The van der Waals surface area contributed by atoms with Crippen LogP contribution in [0, 0.1) is 5.92 Å². The smallest absolute Gasteiger partial charge is 0.0468 e. The number of piperazine rings is 1. The molecule has 2 unspecified atom stereocenters. The molecule has 2 aliphatic rings. The molecule has 1 aliphatic carbocycles. The highest BCUT2D eigenvalue weighted by Crippen LogP contribution is 2.39. The zero-order valence-corrected chi connectivity index (χ0v) is 13.9. The third kappa shape index (κ3) is 2.68. The summed E-state index contributed by atoms with van der Waals surface area (Å²) in [6.45, 7) is 9.52. The Morgan fingerprint density at radius 1 is 1.35 bits per heavy atom. The number of thiophene rings is 1. The predicted octanol–water partition coefficient (Wildman–Crippen LogP) is 4.05. The molecule has 2 nitrogen and oxygen atoms in total. The van der Waals surface area contributed by atoms with Gasteiger partial charge in [-0.1, -0.05) is 32.8 Å². The molecule has 1 aromatic heterocycles. The lowest BCUT2D eigenvalue weighted by molar-refractivity contribution is 0.0330. The first-order valence-corrected chi connectivity index (χ1v) is 9.03. The van der Waals surface area contributed by atoms with Crippen molar-refractivity contribution in [1.29, 1.82) is 0 Å². The van der Waals surface area contributed by atoms with Crippen molar-refractivity contribution in [3.63, 3.8) is 0 Å². The van der Waals surface area contributed by atoms with Crippen LogP contribution in [-0.2, 0) is 0 Å². The predicted molar refractivity (Wildman–Crippen MR) is 87.3 cm³/mol. The van der Waals surface area contributed by atoms with Crippen LogP contribution in [0.4, 0.5) is 0 Å². The molecule has 0 bridgehead atoms. The second-order valence-electron chi connectivity index (χ2n) is 7.09. The first-order chi connectivity index (χ1) is 9.61. The number of hydrogen-bond acceptors (Lipinski definition) is 3. The second-order valence-corrected chi connectivity index (χ2v) is 8.07. The molecule has 1 aromatic rings. The fourth-order valence-electron chi connectivity index (χ4n) is 4.14. The molecule has 1 spiro atoms. The van der Waals surface area contributed by atoms with Crippen molar-refractivity contribution in [1.82, 2.24) is 10.2 Å². The van der Waals surface area contributed by atoms with Crippen molar-refractivity contribution in [3.8, 4) is 0 Å². The lowest BCUT2D eigenvalue weighted by Crippen LogP contribution is -2.63. The summed E-state index contributed by atoms with van der Waals surface area (Å²) in [5.41, 5.74) is 0.414. The van der Waals surface area contributed by atoms with Crippen LogP contribution in [0.5, 0.6) is 0 Å². The van der Waals surface area contributed by atoms with Crippen molar-refractivity contribution in [2.75, 3.05) is 13.1 Å². The highest BCUT2D eigenvalue weighted by Gasteiger charge is 2.42. The van der Waals surface area contributed by atoms with Gasteiger partial charge in [0.15, 0.2) is 0 Å². The molecule has 1 saturated carbocycles. The Morgan fingerprint density at radius 2 is 2.10 bits per heavy atom. The zero-order valence-electron chi connectivity index (χ0n) is 13.1. The molecule has 0 radical (unpaired) electrons. The van der Waals surface area contributed by atoms with E-state index in [-0.39, 0.29) is 0 Å². The molecule has 0 amide bonds. The maximum Gasteiger partial charge on any atom is 0.0468 e. The van der Waals surface area contributed by atoms with Crippen molar-refractivity contribution < 1.29 is 0 Å². The fourth-order valence-corrected chi connectivity index (χ4v) is 5.15. The van der Waals surface area contributed by atoms with E-state index in [1.54, 1.807) is 4.88 Å². The molecule has 3 rings (SSSR count). The Bertz CT molecular complexity index is 420. The normalized spacial score (nSPS) is 28.3. The Kier molecular flexibility index (Phi) is 4.21. The molecule has 1 saturated heterocycles. The van der Waals surface area contributed by atoms with Crippen molar-refractivity contribution in [2.24, 2.45) is 5.92 Å². The van der Waals surface area contributed by atoms with Gasteiger partial charge in [0.25, 0.3) is 0 Å². The van der Waals surface area contributed by atoms with Gasteiger partial charge < -0.3 is 5.32 Å². The van der Waals surface area contributed by atoms with Crippen LogP contribution in [-0.4, -0.2) is 29.6 Å². The molecule has 0 aromatic carbocycles. The van der Waals surface area contributed by atoms with E-state index < -0.39 is 0 Å². The molecule has 1 N–H and O–H groups in total. The van der Waals surface area contributed by atoms with Crippen molar-refractivity contribution >= 4 is 11.3 Å². The summed E-state index contributed by atoms with van der Waals surface area (Å²) in [5.74, 6) is 0.674. The quantitative estimate of drug-likeness (QED) is 0.904. The SMILES string of the molecule is CC(C)C(c1cccs1)N1CC2(CCCC2)NCC1C. The average molecular weight is 292 g/mol. The van der Waals surface area contributed by atoms with Crippen LogP contribution in [0.3, 0.4) is 0 Å². The number of rotatable bonds is 3. The van der Waals surface area contributed by atoms with Gasteiger partial charge in [-0.3, -0.25) is 4.90 Å². The first kappa shape index (κ1) is 14.6. The minimum atomic E-state index is 0.414. The number of nitrogens with one attached hydrogen (secondary N) is 1. The van der Waals surface area contributed by atoms with Gasteiger partial charge in [-0.2, -0.15) is 0 Å². The molecule has 1 aliphatic heterocycles. The minimum Gasteiger partial charge on any atom is -0.308 e. The molecule has 2 fully saturated rings. The van der Waals surface area contributed by atoms with E-state index in [1.807, 2.05) is 11.3 Å². The molecule has 2 heterocycles. The van der Waals surface area contributed by atoms with E-state index in [9.17, 15) is 0 Å². The van der Waals surface area contributed by atoms with Gasteiger partial charge in [-0.15, -0.1) is 11.3 Å². The minimum absolute atomic E-state index is 0.414. The summed E-state index contributed by atoms with van der Waals surface area (Å²) in [5, 5.41) is 6.10. The second kappa shape index (κ2) is 5.78. The lowest BCUT2D eigenvalue weighted by Gasteiger charge is -2.49. The van der Waals surface area contributed by atoms with Gasteiger partial charge in [-0.25, -0.2) is 0 Å². The van der Waals surface area contributed by atoms with Gasteiger partial charge in [0.1, 0.15) is 0 Å². The van der Waals surface area contributed by atoms with Crippen molar-refractivity contribution in [3.05, 3.63) is 22.4 Å². The monoisotopic (exact) mass is 292 g/mol. The Labute approximate surface area is 127 Å². The van der Waals surface area contributed by atoms with Gasteiger partial charge in [0.2, 0.25) is 0 Å². The largest absolute Gasteiger partial charge is 0.308 e. The van der Waals surface area contributed by atoms with Gasteiger partial charge in [0, 0.05) is 35.6 Å². The van der Waals surface area contributed by atoms with E-state index in [1.165, 1.54) is 32.2 Å². The maximum atomic E-state index is 3.88. The number of hydrogen-bond donors (Lipinski definition) is 1. The highest BCUT2D eigenvalue weighted by molar-refractivity contribution is 7.10. The first-order valence-electron chi connectivity index (χ1n) is 8.15. The van der Waals surface area contributed by atoms with E-state index in [0.29, 0.717) is 23.5 Å². The van der Waals surface area contributed by atoms with Crippen LogP contribution in [0.2, 0.25) is 0 Å². The van der Waals surface area contributed by atoms with Crippen LogP contribution in [0.1, 0.15) is 57.4 Å². The Balaban J connectivity index is 1.84. The third-order valence-electron chi connectivity index (χ3n) is 5.21. The standard InChI is InChI=1S/C17H28N2S/c1-13(2)16(15-7-6-10-20-15)19-12-17(8-4-5-9-17)18-11-14(19)3/h6-7,10,13-14,16,18H,4-5,8-9,11-12H2,1-3H3. The summed E-state index contributed by atoms with van der Waals surface area (Å²) in [6.07, 6.45) is 5.54. The molecule has 2 atom stereocenters. The third-order valence-corrected chi connectivity index (χ3v) is 6.15. The summed E-state index contributed by atoms with van der Waals surface area (Å²) >= 11 is 1.92. The van der Waals surface area contributed by atoms with E-state index in [2.05, 4.69) is 48.5 Å². The highest BCUT2D eigenvalue weighted by atomic mass is 32.1. The van der Waals surface area contributed by atoms with Crippen molar-refractivity contribution in [2.45, 2.75) is 64.1 Å². The lowest BCUT2D eigenvalue weighted by atomic mass is 9.89. The molecular weight excluding hydrogens is 264 g/mol. The average Bonchev–Trinajstić information content (AvgIpc) is 3.06. The summed E-state index contributed by atoms with van der Waals surface area (Å²) in [7, 11) is 0. The summed E-state index contributed by atoms with van der Waals surface area (Å²) < 4.78 is 0. The molecule has 3 heteroatoms. The van der Waals surface area contributed by atoms with E-state index in [4.69, 9.17) is 0 Å². The van der Waals surface area contributed by atoms with Gasteiger partial charge in [-0.05, 0) is 37.1 Å². The van der Waals surface area contributed by atoms with Gasteiger partial charge >= 0.3 is 0 Å². The van der Waals surface area contributed by atoms with Crippen LogP contribution >= 0.6 is 11.3 Å². The molecular formula is C17H28N2S. The number of nitrogens with zero attached hydrogens (tertiary/aromatic N) is 1. The Morgan fingerprint density at radius 3 is 2.70 bits per heavy atom. The van der Waals surface area contributed by atoms with Gasteiger partial charge in [0.05, 0.1) is 0 Å². The summed E-state index contributed by atoms with van der Waals surface area (Å²) in [6, 6.07) is 5.75. The maximum absolute atomic E-state index is 3.88. The van der Waals surface area contributed by atoms with Crippen LogP contribution in [0.25, 0.3) is 0 Å². The molecule has 112 valence electrons. The van der Waals surface area contributed by atoms with E-state index in [0.717, 1.165) is 6.54 Å².